The lowest BCUT2D eigenvalue weighted by Crippen LogP contribution is -2.27. The fourth-order valence-corrected chi connectivity index (χ4v) is 3.96. The summed E-state index contributed by atoms with van der Waals surface area (Å²) >= 11 is 7.18. The van der Waals surface area contributed by atoms with E-state index in [1.54, 1.807) is 48.6 Å². The summed E-state index contributed by atoms with van der Waals surface area (Å²) in [6, 6.07) is 11.7. The summed E-state index contributed by atoms with van der Waals surface area (Å²) in [6.07, 6.45) is 6.14. The van der Waals surface area contributed by atoms with E-state index in [1.807, 2.05) is 0 Å². The smallest absolute Gasteiger partial charge is 0.355 e. The lowest BCUT2D eigenvalue weighted by molar-refractivity contribution is -0.139. The number of anilines is 1. The third-order valence-corrected chi connectivity index (χ3v) is 5.74. The Bertz CT molecular complexity index is 1150. The maximum Gasteiger partial charge on any atom is 0.355 e. The molecule has 0 spiro atoms. The fourth-order valence-electron chi connectivity index (χ4n) is 2.92. The number of carbonyl (C=O) groups excluding carboxylic acids is 2. The predicted octanol–water partition coefficient (Wildman–Crippen LogP) is 4.68. The molecule has 1 aliphatic rings. The van der Waals surface area contributed by atoms with Gasteiger partial charge in [0.2, 0.25) is 0 Å². The molecule has 1 aliphatic heterocycles. The van der Waals surface area contributed by atoms with Crippen molar-refractivity contribution < 1.29 is 29.0 Å². The molecule has 0 aliphatic carbocycles. The Morgan fingerprint density at radius 1 is 0.969 bits per heavy atom. The third-order valence-electron chi connectivity index (χ3n) is 4.40. The van der Waals surface area contributed by atoms with Crippen LogP contribution in [0.4, 0.5) is 5.69 Å². The molecule has 2 aromatic rings. The van der Waals surface area contributed by atoms with Crippen molar-refractivity contribution in [3.05, 3.63) is 88.7 Å². The number of carbonyl (C=O) groups is 3. The second-order valence-corrected chi connectivity index (χ2v) is 7.91. The molecule has 0 amide bonds. The van der Waals surface area contributed by atoms with Crippen LogP contribution < -0.4 is 4.90 Å². The van der Waals surface area contributed by atoms with Crippen molar-refractivity contribution in [2.45, 2.75) is 9.79 Å². The molecule has 32 heavy (non-hydrogen) atoms. The van der Waals surface area contributed by atoms with Gasteiger partial charge in [0.1, 0.15) is 5.70 Å². The van der Waals surface area contributed by atoms with E-state index in [0.717, 1.165) is 4.90 Å². The zero-order valence-electron chi connectivity index (χ0n) is 17.1. The second-order valence-electron chi connectivity index (χ2n) is 6.36. The fraction of sp³-hybridized carbons (Fsp3) is 0.0870. The molecule has 7 nitrogen and oxygen atoms in total. The Balaban J connectivity index is 2.09. The van der Waals surface area contributed by atoms with Crippen LogP contribution in [0.2, 0.25) is 5.02 Å². The Morgan fingerprint density at radius 3 is 2.28 bits per heavy atom. The Labute approximate surface area is 193 Å². The first-order chi connectivity index (χ1) is 15.3. The number of methoxy groups -OCH3 is 2. The number of carboxylic acids is 1. The molecule has 0 fully saturated rings. The van der Waals surface area contributed by atoms with Crippen LogP contribution in [0.25, 0.3) is 0 Å². The van der Waals surface area contributed by atoms with Crippen LogP contribution in [0.1, 0.15) is 10.4 Å². The van der Waals surface area contributed by atoms with Crippen molar-refractivity contribution in [3.8, 4) is 0 Å². The average molecular weight is 472 g/mol. The molecule has 2 aromatic carbocycles. The van der Waals surface area contributed by atoms with Gasteiger partial charge >= 0.3 is 17.9 Å². The molecule has 0 aromatic heterocycles. The number of hydrogen-bond donors (Lipinski definition) is 1. The highest BCUT2D eigenvalue weighted by atomic mass is 35.5. The van der Waals surface area contributed by atoms with Crippen molar-refractivity contribution in [3.63, 3.8) is 0 Å². The minimum absolute atomic E-state index is 0.0249. The van der Waals surface area contributed by atoms with E-state index >= 15 is 0 Å². The number of rotatable bonds is 6. The summed E-state index contributed by atoms with van der Waals surface area (Å²) < 4.78 is 9.66. The number of nitrogens with zero attached hydrogens (tertiary/aromatic N) is 1. The van der Waals surface area contributed by atoms with Crippen LogP contribution >= 0.6 is 23.4 Å². The van der Waals surface area contributed by atoms with Gasteiger partial charge in [-0.25, -0.2) is 14.4 Å². The highest BCUT2D eigenvalue weighted by molar-refractivity contribution is 7.99. The largest absolute Gasteiger partial charge is 0.478 e. The van der Waals surface area contributed by atoms with Gasteiger partial charge < -0.3 is 19.5 Å². The molecule has 0 radical (unpaired) electrons. The molecule has 0 saturated heterocycles. The molecule has 1 heterocycles. The minimum atomic E-state index is -1.14. The molecule has 0 bridgehead atoms. The van der Waals surface area contributed by atoms with Gasteiger partial charge in [0.15, 0.2) is 0 Å². The van der Waals surface area contributed by atoms with Gasteiger partial charge in [-0.3, -0.25) is 0 Å². The summed E-state index contributed by atoms with van der Waals surface area (Å²) in [6.45, 7) is 0. The number of carboxylic acid groups (broad SMARTS) is 1. The minimum Gasteiger partial charge on any atom is -0.478 e. The molecule has 0 unspecified atom stereocenters. The normalized spacial score (nSPS) is 13.0. The number of hydrogen-bond acceptors (Lipinski definition) is 7. The van der Waals surface area contributed by atoms with E-state index in [4.69, 9.17) is 21.1 Å². The zero-order valence-corrected chi connectivity index (χ0v) is 18.6. The highest BCUT2D eigenvalue weighted by Gasteiger charge is 2.28. The first kappa shape index (κ1) is 23.2. The topological polar surface area (TPSA) is 93.1 Å². The van der Waals surface area contributed by atoms with E-state index in [0.29, 0.717) is 15.6 Å². The van der Waals surface area contributed by atoms with Crippen LogP contribution in [0.3, 0.4) is 0 Å². The van der Waals surface area contributed by atoms with Gasteiger partial charge in [-0.2, -0.15) is 0 Å². The SMILES string of the molecule is COC(=O)C1=C(C(=O)OC)N(c2ccc(Sc3ccc(Cl)cc3)c(C(=O)O)c2)C=CC=C1. The summed E-state index contributed by atoms with van der Waals surface area (Å²) in [5.41, 5.74) is 0.251. The predicted molar refractivity (Wildman–Crippen MR) is 121 cm³/mol. The van der Waals surface area contributed by atoms with Crippen molar-refractivity contribution in [2.75, 3.05) is 19.1 Å². The lowest BCUT2D eigenvalue weighted by atomic mass is 10.1. The Kier molecular flexibility index (Phi) is 7.40. The molecule has 3 rings (SSSR count). The van der Waals surface area contributed by atoms with Crippen molar-refractivity contribution >= 4 is 47.0 Å². The van der Waals surface area contributed by atoms with Gasteiger partial charge in [-0.05, 0) is 54.6 Å². The van der Waals surface area contributed by atoms with E-state index in [2.05, 4.69) is 0 Å². The second kappa shape index (κ2) is 10.2. The third kappa shape index (κ3) is 5.04. The van der Waals surface area contributed by atoms with Gasteiger partial charge in [-0.15, -0.1) is 0 Å². The molecular formula is C23H18ClNO6S. The quantitative estimate of drug-likeness (QED) is 0.607. The molecule has 1 N–H and O–H groups in total. The Morgan fingerprint density at radius 2 is 1.66 bits per heavy atom. The first-order valence-electron chi connectivity index (χ1n) is 9.21. The first-order valence-corrected chi connectivity index (χ1v) is 10.4. The van der Waals surface area contributed by atoms with Gasteiger partial charge in [0.25, 0.3) is 0 Å². The highest BCUT2D eigenvalue weighted by Crippen LogP contribution is 2.35. The molecule has 0 atom stereocenters. The van der Waals surface area contributed by atoms with Crippen LogP contribution in [0, 0.1) is 0 Å². The van der Waals surface area contributed by atoms with Crippen LogP contribution in [-0.2, 0) is 19.1 Å². The number of allylic oxidation sites excluding steroid dienone is 2. The average Bonchev–Trinajstić information content (AvgIpc) is 3.02. The van der Waals surface area contributed by atoms with Gasteiger partial charge in [0, 0.05) is 26.7 Å². The van der Waals surface area contributed by atoms with Crippen molar-refractivity contribution in [1.29, 1.82) is 0 Å². The number of halogens is 1. The van der Waals surface area contributed by atoms with E-state index in [-0.39, 0.29) is 16.8 Å². The monoisotopic (exact) mass is 471 g/mol. The number of aromatic carboxylic acids is 1. The van der Waals surface area contributed by atoms with Gasteiger partial charge in [0.05, 0.1) is 25.4 Å². The lowest BCUT2D eigenvalue weighted by Gasteiger charge is -2.24. The van der Waals surface area contributed by atoms with Crippen molar-refractivity contribution in [1.82, 2.24) is 0 Å². The number of esters is 2. The van der Waals surface area contributed by atoms with E-state index in [1.165, 1.54) is 49.2 Å². The summed E-state index contributed by atoms with van der Waals surface area (Å²) in [4.78, 5) is 39.5. The summed E-state index contributed by atoms with van der Waals surface area (Å²) in [5.74, 6) is -2.65. The van der Waals surface area contributed by atoms with Crippen molar-refractivity contribution in [2.24, 2.45) is 0 Å². The molecule has 164 valence electrons. The number of ether oxygens (including phenoxy) is 2. The van der Waals surface area contributed by atoms with Crippen LogP contribution in [0.15, 0.2) is 88.0 Å². The number of benzene rings is 2. The van der Waals surface area contributed by atoms with Crippen LogP contribution in [-0.4, -0.2) is 37.2 Å². The molecule has 9 heteroatoms. The maximum atomic E-state index is 12.6. The molecule has 0 saturated carbocycles. The summed E-state index contributed by atoms with van der Waals surface area (Å²) in [7, 11) is 2.39. The van der Waals surface area contributed by atoms with Crippen LogP contribution in [0.5, 0.6) is 0 Å². The maximum absolute atomic E-state index is 12.6. The Hall–Kier alpha value is -3.49. The van der Waals surface area contributed by atoms with E-state index < -0.39 is 17.9 Å². The molecular weight excluding hydrogens is 454 g/mol. The summed E-state index contributed by atoms with van der Waals surface area (Å²) in [5, 5.41) is 10.4. The van der Waals surface area contributed by atoms with E-state index in [9.17, 15) is 19.5 Å². The van der Waals surface area contributed by atoms with Gasteiger partial charge in [-0.1, -0.05) is 29.4 Å². The zero-order chi connectivity index (χ0) is 23.3. The standard InChI is InChI=1S/C23H18ClNO6S/c1-30-22(28)17-5-3-4-12-25(20(17)23(29)31-2)15-8-11-19(18(13-15)21(26)27)32-16-9-6-14(24)7-10-16/h3-13H,1-2H3,(H,26,27).